The van der Waals surface area contributed by atoms with Gasteiger partial charge in [-0.3, -0.25) is 0 Å². The second kappa shape index (κ2) is 3.97. The van der Waals surface area contributed by atoms with Crippen LogP contribution in [-0.2, 0) is 0 Å². The summed E-state index contributed by atoms with van der Waals surface area (Å²) in [6.07, 6.45) is 16.1. The summed E-state index contributed by atoms with van der Waals surface area (Å²) in [6, 6.07) is 1.33. The third-order valence-corrected chi connectivity index (χ3v) is 4.34. The van der Waals surface area contributed by atoms with Crippen molar-refractivity contribution in [2.45, 2.75) is 25.7 Å². The van der Waals surface area contributed by atoms with Crippen LogP contribution < -0.4 is 0 Å². The highest BCUT2D eigenvalue weighted by atomic mass is 28.3. The second-order valence-electron chi connectivity index (χ2n) is 5.74. The first-order valence-corrected chi connectivity index (χ1v) is 9.49. The molecule has 0 aromatic carbocycles. The lowest BCUT2D eigenvalue weighted by Crippen LogP contribution is -2.23. The summed E-state index contributed by atoms with van der Waals surface area (Å²) in [5, 5.41) is 0. The van der Waals surface area contributed by atoms with E-state index in [0.29, 0.717) is 11.8 Å². The molecule has 0 heterocycles. The standard InChI is InChI=1S/C14H20Si/c1-15(2,3)11-14-10-12-6-4-5-7-13(14)9-8-12/h4-10,12-13H,11H2,1-3H3/b6-4-,7-5-/t12-,13+/m1/s1. The third kappa shape index (κ3) is 2.82. The van der Waals surface area contributed by atoms with Crippen molar-refractivity contribution < 1.29 is 0 Å². The third-order valence-electron chi connectivity index (χ3n) is 2.87. The Bertz CT molecular complexity index is 350. The number of rotatable bonds is 2. The van der Waals surface area contributed by atoms with E-state index in [1.54, 1.807) is 5.57 Å². The van der Waals surface area contributed by atoms with Crippen LogP contribution in [0.1, 0.15) is 0 Å². The quantitative estimate of drug-likeness (QED) is 0.480. The first-order valence-electron chi connectivity index (χ1n) is 5.78. The zero-order valence-corrected chi connectivity index (χ0v) is 10.9. The summed E-state index contributed by atoms with van der Waals surface area (Å²) >= 11 is 0. The zero-order chi connectivity index (χ0) is 10.9. The zero-order valence-electron chi connectivity index (χ0n) is 9.90. The van der Waals surface area contributed by atoms with E-state index in [4.69, 9.17) is 0 Å². The predicted octanol–water partition coefficient (Wildman–Crippen LogP) is 4.18. The van der Waals surface area contributed by atoms with Gasteiger partial charge in [-0.1, -0.05) is 67.7 Å². The van der Waals surface area contributed by atoms with Crippen LogP contribution in [0.2, 0.25) is 25.7 Å². The van der Waals surface area contributed by atoms with Crippen LogP contribution in [0.3, 0.4) is 0 Å². The van der Waals surface area contributed by atoms with Gasteiger partial charge in [-0.2, -0.15) is 0 Å². The van der Waals surface area contributed by atoms with E-state index in [9.17, 15) is 0 Å². The number of fused-ring (bicyclic) bond motifs is 1. The summed E-state index contributed by atoms with van der Waals surface area (Å²) in [4.78, 5) is 0. The van der Waals surface area contributed by atoms with Crippen molar-refractivity contribution in [3.05, 3.63) is 48.1 Å². The normalized spacial score (nSPS) is 33.1. The maximum Gasteiger partial charge on any atom is 0.0483 e. The summed E-state index contributed by atoms with van der Waals surface area (Å²) in [5.74, 6) is 1.11. The Labute approximate surface area is 94.1 Å². The van der Waals surface area contributed by atoms with Gasteiger partial charge in [0.15, 0.2) is 0 Å². The molecule has 0 aromatic rings. The molecule has 80 valence electrons. The molecule has 0 saturated carbocycles. The van der Waals surface area contributed by atoms with Crippen LogP contribution in [0.15, 0.2) is 48.1 Å². The molecule has 0 radical (unpaired) electrons. The fourth-order valence-corrected chi connectivity index (χ4v) is 3.84. The minimum absolute atomic E-state index is 0.539. The van der Waals surface area contributed by atoms with Crippen molar-refractivity contribution >= 4 is 8.07 Å². The minimum atomic E-state index is -0.981. The van der Waals surface area contributed by atoms with E-state index >= 15 is 0 Å². The van der Waals surface area contributed by atoms with Crippen LogP contribution in [0.5, 0.6) is 0 Å². The topological polar surface area (TPSA) is 0 Å². The first kappa shape index (κ1) is 10.7. The molecular weight excluding hydrogens is 196 g/mol. The molecule has 0 amide bonds. The van der Waals surface area contributed by atoms with Gasteiger partial charge in [0.2, 0.25) is 0 Å². The Morgan fingerprint density at radius 2 is 1.73 bits per heavy atom. The second-order valence-corrected chi connectivity index (χ2v) is 11.2. The van der Waals surface area contributed by atoms with Crippen molar-refractivity contribution in [1.29, 1.82) is 0 Å². The maximum absolute atomic E-state index is 2.46. The molecule has 0 nitrogen and oxygen atoms in total. The van der Waals surface area contributed by atoms with Crippen LogP contribution in [0.4, 0.5) is 0 Å². The lowest BCUT2D eigenvalue weighted by molar-refractivity contribution is 0.858. The highest BCUT2D eigenvalue weighted by Crippen LogP contribution is 2.31. The average molecular weight is 216 g/mol. The van der Waals surface area contributed by atoms with E-state index in [1.807, 2.05) is 0 Å². The largest absolute Gasteiger partial charge is 0.0769 e. The van der Waals surface area contributed by atoms with E-state index in [1.165, 1.54) is 6.04 Å². The smallest absolute Gasteiger partial charge is 0.0483 e. The van der Waals surface area contributed by atoms with E-state index < -0.39 is 8.07 Å². The molecule has 0 fully saturated rings. The Morgan fingerprint density at radius 1 is 1.00 bits per heavy atom. The molecule has 2 bridgehead atoms. The summed E-state index contributed by atoms with van der Waals surface area (Å²) < 4.78 is 0. The van der Waals surface area contributed by atoms with Crippen LogP contribution in [-0.4, -0.2) is 8.07 Å². The van der Waals surface area contributed by atoms with Crippen molar-refractivity contribution in [2.24, 2.45) is 11.8 Å². The van der Waals surface area contributed by atoms with Gasteiger partial charge in [0.05, 0.1) is 0 Å². The molecule has 0 saturated heterocycles. The molecule has 0 unspecified atom stereocenters. The molecule has 3 aliphatic carbocycles. The van der Waals surface area contributed by atoms with Gasteiger partial charge in [-0.05, 0) is 6.04 Å². The molecule has 0 aliphatic heterocycles. The van der Waals surface area contributed by atoms with E-state index in [-0.39, 0.29) is 0 Å². The molecule has 3 rings (SSSR count). The minimum Gasteiger partial charge on any atom is -0.0769 e. The summed E-state index contributed by atoms with van der Waals surface area (Å²) in [7, 11) is -0.981. The molecule has 0 spiro atoms. The van der Waals surface area contributed by atoms with Crippen LogP contribution in [0, 0.1) is 11.8 Å². The first-order chi connectivity index (χ1) is 7.04. The molecule has 3 aliphatic rings. The number of hydrogen-bond donors (Lipinski definition) is 0. The number of hydrogen-bond acceptors (Lipinski definition) is 0. The molecular formula is C14H20Si. The molecule has 2 atom stereocenters. The lowest BCUT2D eigenvalue weighted by Gasteiger charge is -2.26. The average Bonchev–Trinajstić information content (AvgIpc) is 2.04. The van der Waals surface area contributed by atoms with Gasteiger partial charge in [0.25, 0.3) is 0 Å². The Morgan fingerprint density at radius 3 is 2.47 bits per heavy atom. The van der Waals surface area contributed by atoms with Crippen LogP contribution in [0.25, 0.3) is 0 Å². The van der Waals surface area contributed by atoms with Gasteiger partial charge in [-0.25, -0.2) is 0 Å². The monoisotopic (exact) mass is 216 g/mol. The fourth-order valence-electron chi connectivity index (χ4n) is 2.26. The van der Waals surface area contributed by atoms with Gasteiger partial charge in [0.1, 0.15) is 0 Å². The molecule has 0 aromatic heterocycles. The SMILES string of the molecule is C[Si](C)(C)CC1=C[C@H]2C=C[C@@H]1/C=C\C=C/2. The van der Waals surface area contributed by atoms with E-state index in [2.05, 4.69) is 62.2 Å². The molecule has 1 heteroatoms. The van der Waals surface area contributed by atoms with Crippen LogP contribution >= 0.6 is 0 Å². The predicted molar refractivity (Wildman–Crippen MR) is 70.6 cm³/mol. The van der Waals surface area contributed by atoms with Gasteiger partial charge >= 0.3 is 0 Å². The van der Waals surface area contributed by atoms with Crippen molar-refractivity contribution in [1.82, 2.24) is 0 Å². The van der Waals surface area contributed by atoms with Crippen molar-refractivity contribution in [3.8, 4) is 0 Å². The van der Waals surface area contributed by atoms with Gasteiger partial charge in [0, 0.05) is 19.9 Å². The van der Waals surface area contributed by atoms with Crippen molar-refractivity contribution in [3.63, 3.8) is 0 Å². The van der Waals surface area contributed by atoms with Gasteiger partial charge in [-0.15, -0.1) is 0 Å². The van der Waals surface area contributed by atoms with E-state index in [0.717, 1.165) is 0 Å². The summed E-state index contributed by atoms with van der Waals surface area (Å²) in [5.41, 5.74) is 1.64. The fraction of sp³-hybridized carbons (Fsp3) is 0.429. The lowest BCUT2D eigenvalue weighted by atomic mass is 9.87. The highest BCUT2D eigenvalue weighted by molar-refractivity contribution is 6.76. The van der Waals surface area contributed by atoms with Crippen molar-refractivity contribution in [2.75, 3.05) is 0 Å². The van der Waals surface area contributed by atoms with Gasteiger partial charge < -0.3 is 0 Å². The number of allylic oxidation sites excluding steroid dienone is 8. The summed E-state index contributed by atoms with van der Waals surface area (Å²) in [6.45, 7) is 7.34. The Balaban J connectivity index is 2.23. The maximum atomic E-state index is 2.46. The molecule has 15 heavy (non-hydrogen) atoms. The Kier molecular flexibility index (Phi) is 2.83. The highest BCUT2D eigenvalue weighted by Gasteiger charge is 2.22. The Hall–Kier alpha value is -0.823. The molecule has 0 N–H and O–H groups in total.